The Bertz CT molecular complexity index is 283. The predicted molar refractivity (Wildman–Crippen MR) is 44.1 cm³/mol. The molecular weight excluding hydrogens is 247 g/mol. The summed E-state index contributed by atoms with van der Waals surface area (Å²) < 4.78 is 5.26. The van der Waals surface area contributed by atoms with Crippen LogP contribution in [0, 0.1) is 3.57 Å². The number of nitrogens with one attached hydrogen (secondary N) is 1. The summed E-state index contributed by atoms with van der Waals surface area (Å²) in [6.45, 7) is 0. The maximum atomic E-state index is 10.8. The number of nitrogens with zero attached hydrogens (tertiary/aromatic N) is 1. The van der Waals surface area contributed by atoms with Gasteiger partial charge in [0.1, 0.15) is 3.57 Å². The fourth-order valence-electron chi connectivity index (χ4n) is 0.509. The van der Waals surface area contributed by atoms with Gasteiger partial charge in [0, 0.05) is 0 Å². The number of rotatable bonds is 1. The molecule has 0 aliphatic heterocycles. The van der Waals surface area contributed by atoms with Gasteiger partial charge in [-0.3, -0.25) is 4.79 Å². The number of hydrogen-bond donors (Lipinski definition) is 1. The van der Waals surface area contributed by atoms with Crippen LogP contribution in [0.2, 0.25) is 0 Å². The van der Waals surface area contributed by atoms with Gasteiger partial charge in [0.25, 0.3) is 5.56 Å². The molecule has 4 nitrogen and oxygen atoms in total. The predicted octanol–water partition coefficient (Wildman–Crippen LogP) is 0.383. The van der Waals surface area contributed by atoms with Gasteiger partial charge < -0.3 is 9.72 Å². The van der Waals surface area contributed by atoms with Gasteiger partial charge in [0.05, 0.1) is 13.4 Å². The largest absolute Gasteiger partial charge is 0.480 e. The van der Waals surface area contributed by atoms with E-state index in [2.05, 4.69) is 9.97 Å². The van der Waals surface area contributed by atoms with Crippen molar-refractivity contribution in [1.82, 2.24) is 9.97 Å². The average Bonchev–Trinajstić information content (AvgIpc) is 1.95. The molecule has 54 valence electrons. The third kappa shape index (κ3) is 1.28. The molecular formula is C5H5IN2O2. The fourth-order valence-corrected chi connectivity index (χ4v) is 1.02. The van der Waals surface area contributed by atoms with Gasteiger partial charge in [0.15, 0.2) is 0 Å². The number of H-pyrrole nitrogens is 1. The van der Waals surface area contributed by atoms with E-state index < -0.39 is 0 Å². The zero-order valence-corrected chi connectivity index (χ0v) is 7.38. The van der Waals surface area contributed by atoms with E-state index in [9.17, 15) is 4.79 Å². The molecule has 0 atom stereocenters. The van der Waals surface area contributed by atoms with Crippen LogP contribution in [0.3, 0.4) is 0 Å². The highest BCUT2D eigenvalue weighted by Gasteiger charge is 2.02. The lowest BCUT2D eigenvalue weighted by Crippen LogP contribution is -2.11. The van der Waals surface area contributed by atoms with Crippen molar-refractivity contribution in [1.29, 1.82) is 0 Å². The number of methoxy groups -OCH3 is 1. The Labute approximate surface area is 70.8 Å². The molecule has 0 unspecified atom stereocenters. The van der Waals surface area contributed by atoms with Gasteiger partial charge in [-0.2, -0.15) is 0 Å². The minimum atomic E-state index is -0.174. The van der Waals surface area contributed by atoms with Gasteiger partial charge in [-0.05, 0) is 22.6 Å². The van der Waals surface area contributed by atoms with Crippen molar-refractivity contribution < 1.29 is 4.74 Å². The van der Waals surface area contributed by atoms with E-state index in [1.54, 1.807) is 0 Å². The maximum Gasteiger partial charge on any atom is 0.268 e. The van der Waals surface area contributed by atoms with Crippen LogP contribution in [0.25, 0.3) is 0 Å². The van der Waals surface area contributed by atoms with E-state index in [-0.39, 0.29) is 5.56 Å². The molecule has 0 aliphatic carbocycles. The summed E-state index contributed by atoms with van der Waals surface area (Å²) in [5, 5.41) is 0. The Morgan fingerprint density at radius 1 is 1.80 bits per heavy atom. The minimum Gasteiger partial charge on any atom is -0.480 e. The van der Waals surface area contributed by atoms with Crippen LogP contribution in [0.4, 0.5) is 0 Å². The second-order valence-electron chi connectivity index (χ2n) is 1.55. The van der Waals surface area contributed by atoms with Crippen LogP contribution in [0.1, 0.15) is 0 Å². The lowest BCUT2D eigenvalue weighted by Gasteiger charge is -1.97. The molecule has 1 aromatic rings. The molecule has 0 saturated carbocycles. The summed E-state index contributed by atoms with van der Waals surface area (Å²) in [5.41, 5.74) is -0.174. The molecule has 0 aliphatic rings. The third-order valence-corrected chi connectivity index (χ3v) is 1.91. The van der Waals surface area contributed by atoms with Crippen LogP contribution >= 0.6 is 22.6 Å². The molecule has 0 amide bonds. The first-order valence-corrected chi connectivity index (χ1v) is 3.60. The Morgan fingerprint density at radius 3 is 3.00 bits per heavy atom. The van der Waals surface area contributed by atoms with Crippen LogP contribution < -0.4 is 10.3 Å². The smallest absolute Gasteiger partial charge is 0.268 e. The Balaban J connectivity index is 3.28. The van der Waals surface area contributed by atoms with Crippen LogP contribution in [-0.2, 0) is 0 Å². The summed E-state index contributed by atoms with van der Waals surface area (Å²) in [4.78, 5) is 17.0. The van der Waals surface area contributed by atoms with E-state index in [1.807, 2.05) is 22.6 Å². The monoisotopic (exact) mass is 252 g/mol. The minimum absolute atomic E-state index is 0.174. The van der Waals surface area contributed by atoms with Crippen molar-refractivity contribution in [3.63, 3.8) is 0 Å². The SMILES string of the molecule is COc1nc[nH]c(=O)c1I. The topological polar surface area (TPSA) is 55.0 Å². The second kappa shape index (κ2) is 3.00. The summed E-state index contributed by atoms with van der Waals surface area (Å²) in [7, 11) is 1.48. The number of hydrogen-bond acceptors (Lipinski definition) is 3. The molecule has 0 aromatic carbocycles. The Kier molecular flexibility index (Phi) is 2.25. The molecule has 0 radical (unpaired) electrons. The highest BCUT2D eigenvalue weighted by molar-refractivity contribution is 14.1. The zero-order chi connectivity index (χ0) is 7.56. The Hall–Kier alpha value is -0.590. The number of halogens is 1. The van der Waals surface area contributed by atoms with E-state index in [1.165, 1.54) is 13.4 Å². The number of aromatic nitrogens is 2. The molecule has 5 heteroatoms. The molecule has 1 aromatic heterocycles. The van der Waals surface area contributed by atoms with Gasteiger partial charge in [0.2, 0.25) is 5.88 Å². The van der Waals surface area contributed by atoms with Gasteiger partial charge in [-0.15, -0.1) is 0 Å². The van der Waals surface area contributed by atoms with Crippen molar-refractivity contribution in [3.8, 4) is 5.88 Å². The van der Waals surface area contributed by atoms with Crippen molar-refractivity contribution in [2.75, 3.05) is 7.11 Å². The quantitative estimate of drug-likeness (QED) is 0.735. The summed E-state index contributed by atoms with van der Waals surface area (Å²) in [6, 6.07) is 0. The van der Waals surface area contributed by atoms with Crippen molar-refractivity contribution >= 4 is 22.6 Å². The molecule has 0 bridgehead atoms. The first-order valence-electron chi connectivity index (χ1n) is 2.53. The summed E-state index contributed by atoms with van der Waals surface area (Å²) in [5.74, 6) is 0.365. The molecule has 10 heavy (non-hydrogen) atoms. The van der Waals surface area contributed by atoms with Gasteiger partial charge in [-0.1, -0.05) is 0 Å². The summed E-state index contributed by atoms with van der Waals surface area (Å²) in [6.07, 6.45) is 1.31. The molecule has 1 N–H and O–H groups in total. The summed E-state index contributed by atoms with van der Waals surface area (Å²) >= 11 is 1.87. The van der Waals surface area contributed by atoms with Crippen LogP contribution in [0.15, 0.2) is 11.1 Å². The van der Waals surface area contributed by atoms with Crippen molar-refractivity contribution in [3.05, 3.63) is 20.3 Å². The molecule has 0 fully saturated rings. The van der Waals surface area contributed by atoms with E-state index in [0.29, 0.717) is 9.45 Å². The normalized spacial score (nSPS) is 9.40. The molecule has 0 saturated heterocycles. The highest BCUT2D eigenvalue weighted by atomic mass is 127. The average molecular weight is 252 g/mol. The van der Waals surface area contributed by atoms with Gasteiger partial charge >= 0.3 is 0 Å². The fraction of sp³-hybridized carbons (Fsp3) is 0.200. The maximum absolute atomic E-state index is 10.8. The third-order valence-electron chi connectivity index (χ3n) is 0.958. The first-order chi connectivity index (χ1) is 4.75. The number of ether oxygens (including phenoxy) is 1. The zero-order valence-electron chi connectivity index (χ0n) is 5.22. The van der Waals surface area contributed by atoms with Crippen LogP contribution in [0.5, 0.6) is 5.88 Å². The highest BCUT2D eigenvalue weighted by Crippen LogP contribution is 2.09. The van der Waals surface area contributed by atoms with Crippen LogP contribution in [-0.4, -0.2) is 17.1 Å². The molecule has 1 rings (SSSR count). The molecule has 1 heterocycles. The van der Waals surface area contributed by atoms with Crippen molar-refractivity contribution in [2.45, 2.75) is 0 Å². The van der Waals surface area contributed by atoms with E-state index in [0.717, 1.165) is 0 Å². The number of aromatic amines is 1. The standard InChI is InChI=1S/C5H5IN2O2/c1-10-5-3(6)4(9)7-2-8-5/h2H,1H3,(H,7,8,9). The second-order valence-corrected chi connectivity index (χ2v) is 2.63. The molecule has 0 spiro atoms. The first kappa shape index (κ1) is 7.52. The lowest BCUT2D eigenvalue weighted by atomic mass is 10.6. The van der Waals surface area contributed by atoms with E-state index >= 15 is 0 Å². The van der Waals surface area contributed by atoms with Crippen molar-refractivity contribution in [2.24, 2.45) is 0 Å². The lowest BCUT2D eigenvalue weighted by molar-refractivity contribution is 0.392. The van der Waals surface area contributed by atoms with E-state index in [4.69, 9.17) is 4.74 Å². The Morgan fingerprint density at radius 2 is 2.50 bits per heavy atom. The van der Waals surface area contributed by atoms with Gasteiger partial charge in [-0.25, -0.2) is 4.98 Å².